The summed E-state index contributed by atoms with van der Waals surface area (Å²) in [5, 5.41) is 2.56. The second-order valence-electron chi connectivity index (χ2n) is 4.55. The van der Waals surface area contributed by atoms with Gasteiger partial charge in [0.25, 0.3) is 5.91 Å². The van der Waals surface area contributed by atoms with Crippen LogP contribution < -0.4 is 14.8 Å². The maximum atomic E-state index is 13.1. The number of nitrogens with one attached hydrogen (secondary N) is 1. The van der Waals surface area contributed by atoms with Crippen LogP contribution in [0.1, 0.15) is 6.92 Å². The molecule has 0 bridgehead atoms. The fraction of sp³-hybridized carbons (Fsp3) is 0.188. The number of rotatable bonds is 5. The van der Waals surface area contributed by atoms with Crippen LogP contribution in [0.5, 0.6) is 11.5 Å². The molecular weight excluding hydrogens is 309 g/mol. The molecule has 2 rings (SSSR count). The van der Waals surface area contributed by atoms with Crippen molar-refractivity contribution in [1.29, 1.82) is 0 Å². The molecule has 0 fully saturated rings. The highest BCUT2D eigenvalue weighted by Gasteiger charge is 2.15. The fourth-order valence-electron chi connectivity index (χ4n) is 1.73. The van der Waals surface area contributed by atoms with Crippen LogP contribution >= 0.6 is 11.6 Å². The fourth-order valence-corrected chi connectivity index (χ4v) is 1.91. The van der Waals surface area contributed by atoms with E-state index < -0.39 is 11.9 Å². The lowest BCUT2D eigenvalue weighted by Crippen LogP contribution is -2.30. The average Bonchev–Trinajstić information content (AvgIpc) is 2.51. The van der Waals surface area contributed by atoms with E-state index in [9.17, 15) is 9.18 Å². The van der Waals surface area contributed by atoms with Crippen molar-refractivity contribution in [3.8, 4) is 11.5 Å². The molecule has 22 heavy (non-hydrogen) atoms. The molecule has 2 aromatic rings. The molecule has 1 N–H and O–H groups in total. The number of anilines is 1. The zero-order valence-corrected chi connectivity index (χ0v) is 12.9. The largest absolute Gasteiger partial charge is 0.497 e. The Kier molecular flexibility index (Phi) is 5.22. The number of methoxy groups -OCH3 is 1. The summed E-state index contributed by atoms with van der Waals surface area (Å²) < 4.78 is 23.6. The molecule has 1 atom stereocenters. The third-order valence-electron chi connectivity index (χ3n) is 2.93. The van der Waals surface area contributed by atoms with Crippen molar-refractivity contribution in [1.82, 2.24) is 0 Å². The van der Waals surface area contributed by atoms with Gasteiger partial charge in [-0.15, -0.1) is 0 Å². The monoisotopic (exact) mass is 323 g/mol. The molecule has 0 aromatic heterocycles. The van der Waals surface area contributed by atoms with E-state index in [2.05, 4.69) is 5.32 Å². The summed E-state index contributed by atoms with van der Waals surface area (Å²) in [7, 11) is 1.57. The van der Waals surface area contributed by atoms with E-state index in [1.807, 2.05) is 0 Å². The van der Waals surface area contributed by atoms with Crippen LogP contribution in [0.25, 0.3) is 0 Å². The van der Waals surface area contributed by atoms with Crippen LogP contribution in [0.15, 0.2) is 42.5 Å². The van der Waals surface area contributed by atoms with Gasteiger partial charge in [0.15, 0.2) is 6.10 Å². The predicted molar refractivity (Wildman–Crippen MR) is 83.1 cm³/mol. The van der Waals surface area contributed by atoms with Gasteiger partial charge in [-0.1, -0.05) is 11.6 Å². The van der Waals surface area contributed by atoms with Gasteiger partial charge in [-0.2, -0.15) is 0 Å². The molecule has 0 heterocycles. The maximum Gasteiger partial charge on any atom is 0.265 e. The minimum atomic E-state index is -0.725. The summed E-state index contributed by atoms with van der Waals surface area (Å²) >= 11 is 5.67. The number of halogens is 2. The Morgan fingerprint density at radius 1 is 1.18 bits per heavy atom. The van der Waals surface area contributed by atoms with Crippen molar-refractivity contribution in [2.75, 3.05) is 12.4 Å². The Labute approximate surface area is 132 Å². The van der Waals surface area contributed by atoms with Gasteiger partial charge >= 0.3 is 0 Å². The van der Waals surface area contributed by atoms with Gasteiger partial charge in [0.1, 0.15) is 17.3 Å². The molecule has 6 heteroatoms. The average molecular weight is 324 g/mol. The number of carbonyl (C=O) groups is 1. The predicted octanol–water partition coefficient (Wildman–Crippen LogP) is 3.89. The van der Waals surface area contributed by atoms with Crippen molar-refractivity contribution in [3.63, 3.8) is 0 Å². The number of ether oxygens (including phenoxy) is 2. The van der Waals surface area contributed by atoms with E-state index in [4.69, 9.17) is 21.1 Å². The summed E-state index contributed by atoms with van der Waals surface area (Å²) in [6.45, 7) is 1.62. The van der Waals surface area contributed by atoms with Crippen LogP contribution in [0.2, 0.25) is 5.02 Å². The summed E-state index contributed by atoms with van der Waals surface area (Å²) in [4.78, 5) is 12.0. The van der Waals surface area contributed by atoms with E-state index >= 15 is 0 Å². The van der Waals surface area contributed by atoms with E-state index in [1.54, 1.807) is 38.3 Å². The number of carbonyl (C=O) groups excluding carboxylic acids is 1. The first kappa shape index (κ1) is 16.1. The first-order valence-corrected chi connectivity index (χ1v) is 6.94. The van der Waals surface area contributed by atoms with Gasteiger partial charge in [0.2, 0.25) is 0 Å². The number of hydrogen-bond donors (Lipinski definition) is 1. The molecule has 0 aliphatic rings. The van der Waals surface area contributed by atoms with Gasteiger partial charge in [-0.05, 0) is 49.4 Å². The van der Waals surface area contributed by atoms with Crippen molar-refractivity contribution in [2.45, 2.75) is 13.0 Å². The molecule has 0 saturated heterocycles. The zero-order chi connectivity index (χ0) is 16.1. The lowest BCUT2D eigenvalue weighted by atomic mass is 10.3. The van der Waals surface area contributed by atoms with Gasteiger partial charge in [-0.3, -0.25) is 4.79 Å². The molecule has 1 amide bonds. The maximum absolute atomic E-state index is 13.1. The lowest BCUT2D eigenvalue weighted by Gasteiger charge is -2.15. The third kappa shape index (κ3) is 4.11. The summed E-state index contributed by atoms with van der Waals surface area (Å²) in [5.41, 5.74) is 0.404. The second kappa shape index (κ2) is 7.13. The number of amides is 1. The van der Waals surface area contributed by atoms with Gasteiger partial charge < -0.3 is 14.8 Å². The Morgan fingerprint density at radius 2 is 1.82 bits per heavy atom. The molecule has 0 aliphatic carbocycles. The van der Waals surface area contributed by atoms with E-state index in [-0.39, 0.29) is 10.9 Å². The minimum absolute atomic E-state index is 0.0541. The highest BCUT2D eigenvalue weighted by atomic mass is 35.5. The Hall–Kier alpha value is -2.27. The molecule has 116 valence electrons. The molecule has 0 radical (unpaired) electrons. The van der Waals surface area contributed by atoms with E-state index in [1.165, 1.54) is 18.2 Å². The second-order valence-corrected chi connectivity index (χ2v) is 4.96. The first-order chi connectivity index (χ1) is 10.5. The van der Waals surface area contributed by atoms with Crippen molar-refractivity contribution >= 4 is 23.2 Å². The van der Waals surface area contributed by atoms with Crippen molar-refractivity contribution in [2.24, 2.45) is 0 Å². The normalized spacial score (nSPS) is 11.6. The summed E-state index contributed by atoms with van der Waals surface area (Å²) in [6, 6.07) is 10.8. The van der Waals surface area contributed by atoms with Crippen molar-refractivity contribution in [3.05, 3.63) is 53.3 Å². The SMILES string of the molecule is COc1ccc(OC(C)C(=O)Nc2ccc(F)c(Cl)c2)cc1. The Bertz CT molecular complexity index is 661. The Morgan fingerprint density at radius 3 is 2.41 bits per heavy atom. The first-order valence-electron chi connectivity index (χ1n) is 6.56. The van der Waals surface area contributed by atoms with Crippen LogP contribution in [-0.2, 0) is 4.79 Å². The van der Waals surface area contributed by atoms with Gasteiger partial charge in [0, 0.05) is 5.69 Å². The molecular formula is C16H15ClFNO3. The highest BCUT2D eigenvalue weighted by Crippen LogP contribution is 2.21. The van der Waals surface area contributed by atoms with Gasteiger partial charge in [0.05, 0.1) is 12.1 Å². The van der Waals surface area contributed by atoms with Crippen LogP contribution in [0.4, 0.5) is 10.1 Å². The molecule has 4 nitrogen and oxygen atoms in total. The summed E-state index contributed by atoms with van der Waals surface area (Å²) in [6.07, 6.45) is -0.725. The standard InChI is InChI=1S/C16H15ClFNO3/c1-10(22-13-6-4-12(21-2)5-7-13)16(20)19-11-3-8-15(18)14(17)9-11/h3-10H,1-2H3,(H,19,20). The number of hydrogen-bond acceptors (Lipinski definition) is 3. The molecule has 0 spiro atoms. The van der Waals surface area contributed by atoms with Crippen LogP contribution in [0, 0.1) is 5.82 Å². The van der Waals surface area contributed by atoms with E-state index in [0.717, 1.165) is 0 Å². The van der Waals surface area contributed by atoms with Crippen molar-refractivity contribution < 1.29 is 18.7 Å². The molecule has 0 aliphatic heterocycles. The minimum Gasteiger partial charge on any atom is -0.497 e. The zero-order valence-electron chi connectivity index (χ0n) is 12.1. The highest BCUT2D eigenvalue weighted by molar-refractivity contribution is 6.31. The smallest absolute Gasteiger partial charge is 0.265 e. The quantitative estimate of drug-likeness (QED) is 0.908. The van der Waals surface area contributed by atoms with Crippen LogP contribution in [-0.4, -0.2) is 19.1 Å². The van der Waals surface area contributed by atoms with E-state index in [0.29, 0.717) is 17.2 Å². The molecule has 0 saturated carbocycles. The third-order valence-corrected chi connectivity index (χ3v) is 3.22. The summed E-state index contributed by atoms with van der Waals surface area (Å²) in [5.74, 6) is 0.340. The van der Waals surface area contributed by atoms with Gasteiger partial charge in [-0.25, -0.2) is 4.39 Å². The Balaban J connectivity index is 1.97. The molecule has 2 aromatic carbocycles. The van der Waals surface area contributed by atoms with Crippen LogP contribution in [0.3, 0.4) is 0 Å². The topological polar surface area (TPSA) is 47.6 Å². The molecule has 1 unspecified atom stereocenters. The lowest BCUT2D eigenvalue weighted by molar-refractivity contribution is -0.122. The number of benzene rings is 2.